The van der Waals surface area contributed by atoms with E-state index in [4.69, 9.17) is 18.9 Å². The van der Waals surface area contributed by atoms with Crippen molar-refractivity contribution in [2.45, 2.75) is 13.5 Å². The predicted molar refractivity (Wildman–Crippen MR) is 101 cm³/mol. The first-order valence-electron chi connectivity index (χ1n) is 8.33. The van der Waals surface area contributed by atoms with Crippen molar-refractivity contribution in [2.24, 2.45) is 0 Å². The Morgan fingerprint density at radius 2 is 1.93 bits per heavy atom. The molecule has 0 saturated carbocycles. The quantitative estimate of drug-likeness (QED) is 0.718. The van der Waals surface area contributed by atoms with Crippen LogP contribution in [0.4, 0.5) is 5.69 Å². The number of ether oxygens (including phenoxy) is 4. The molecule has 1 N–H and O–H groups in total. The third kappa shape index (κ3) is 5.24. The Morgan fingerprint density at radius 1 is 1.15 bits per heavy atom. The number of nitrogens with zero attached hydrogens (tertiary/aromatic N) is 1. The van der Waals surface area contributed by atoms with Gasteiger partial charge >= 0.3 is 0 Å². The van der Waals surface area contributed by atoms with Gasteiger partial charge in [-0.1, -0.05) is 0 Å². The van der Waals surface area contributed by atoms with Crippen LogP contribution >= 0.6 is 0 Å². The maximum absolute atomic E-state index is 12.2. The minimum atomic E-state index is -0.412. The maximum atomic E-state index is 12.2. The van der Waals surface area contributed by atoms with Crippen molar-refractivity contribution < 1.29 is 23.7 Å². The van der Waals surface area contributed by atoms with Crippen molar-refractivity contribution in [3.63, 3.8) is 0 Å². The van der Waals surface area contributed by atoms with Crippen LogP contribution in [0.1, 0.15) is 5.69 Å². The molecule has 0 atom stereocenters. The summed E-state index contributed by atoms with van der Waals surface area (Å²) >= 11 is 0. The van der Waals surface area contributed by atoms with E-state index in [-0.39, 0.29) is 17.8 Å². The normalized spacial score (nSPS) is 10.4. The Kier molecular flexibility index (Phi) is 7.25. The van der Waals surface area contributed by atoms with Gasteiger partial charge in [-0.15, -0.1) is 0 Å². The van der Waals surface area contributed by atoms with Crippen LogP contribution in [-0.4, -0.2) is 45.0 Å². The van der Waals surface area contributed by atoms with Crippen molar-refractivity contribution in [1.82, 2.24) is 4.57 Å². The number of benzene rings is 1. The first kappa shape index (κ1) is 20.3. The molecule has 0 fully saturated rings. The highest BCUT2D eigenvalue weighted by Gasteiger charge is 2.13. The van der Waals surface area contributed by atoms with Crippen molar-refractivity contribution in [3.8, 4) is 17.2 Å². The molecule has 8 nitrogen and oxygen atoms in total. The van der Waals surface area contributed by atoms with E-state index >= 15 is 0 Å². The summed E-state index contributed by atoms with van der Waals surface area (Å²) in [6.07, 6.45) is 1.67. The van der Waals surface area contributed by atoms with E-state index in [0.717, 1.165) is 0 Å². The molecule has 27 heavy (non-hydrogen) atoms. The first-order chi connectivity index (χ1) is 13.0. The molecule has 1 heterocycles. The van der Waals surface area contributed by atoms with Gasteiger partial charge in [0.25, 0.3) is 5.91 Å². The van der Waals surface area contributed by atoms with E-state index in [1.165, 1.54) is 13.2 Å². The van der Waals surface area contributed by atoms with Gasteiger partial charge in [-0.05, 0) is 19.1 Å². The number of carbonyl (C=O) groups is 1. The van der Waals surface area contributed by atoms with E-state index in [2.05, 4.69) is 5.32 Å². The fourth-order valence-electron chi connectivity index (χ4n) is 2.49. The summed E-state index contributed by atoms with van der Waals surface area (Å²) in [5.74, 6) is 0.799. The SMILES string of the molecule is COCCn1ccc(=O)c(OCC(=O)Nc2ccc(OC)cc2OC)c1C. The summed E-state index contributed by atoms with van der Waals surface area (Å²) in [6.45, 7) is 2.53. The zero-order valence-corrected chi connectivity index (χ0v) is 15.9. The van der Waals surface area contributed by atoms with Crippen LogP contribution in [-0.2, 0) is 16.1 Å². The monoisotopic (exact) mass is 376 g/mol. The second-order valence-electron chi connectivity index (χ2n) is 5.68. The maximum Gasteiger partial charge on any atom is 0.262 e. The number of hydrogen-bond acceptors (Lipinski definition) is 6. The molecule has 0 aliphatic carbocycles. The van der Waals surface area contributed by atoms with Crippen LogP contribution in [0.5, 0.6) is 17.2 Å². The number of methoxy groups -OCH3 is 3. The highest BCUT2D eigenvalue weighted by atomic mass is 16.5. The third-order valence-electron chi connectivity index (χ3n) is 3.96. The Balaban J connectivity index is 2.07. The molecule has 0 radical (unpaired) electrons. The fourth-order valence-corrected chi connectivity index (χ4v) is 2.49. The zero-order valence-electron chi connectivity index (χ0n) is 15.9. The Bertz CT molecular complexity index is 847. The number of carbonyl (C=O) groups excluding carboxylic acids is 1. The number of pyridine rings is 1. The summed E-state index contributed by atoms with van der Waals surface area (Å²) in [5.41, 5.74) is 0.833. The van der Waals surface area contributed by atoms with Gasteiger partial charge in [0.2, 0.25) is 5.43 Å². The number of rotatable bonds is 9. The van der Waals surface area contributed by atoms with E-state index in [1.54, 1.807) is 45.5 Å². The molecule has 1 aromatic heterocycles. The first-order valence-corrected chi connectivity index (χ1v) is 8.33. The average Bonchev–Trinajstić information content (AvgIpc) is 2.67. The fraction of sp³-hybridized carbons (Fsp3) is 0.368. The second-order valence-corrected chi connectivity index (χ2v) is 5.68. The third-order valence-corrected chi connectivity index (χ3v) is 3.96. The van der Waals surface area contributed by atoms with Crippen molar-refractivity contribution >= 4 is 11.6 Å². The smallest absolute Gasteiger partial charge is 0.262 e. The van der Waals surface area contributed by atoms with Gasteiger partial charge in [0.15, 0.2) is 12.4 Å². The minimum absolute atomic E-state index is 0.144. The molecule has 0 spiro atoms. The van der Waals surface area contributed by atoms with Gasteiger partial charge in [-0.3, -0.25) is 9.59 Å². The summed E-state index contributed by atoms with van der Waals surface area (Å²) < 4.78 is 22.7. The molecule has 8 heteroatoms. The largest absolute Gasteiger partial charge is 0.497 e. The van der Waals surface area contributed by atoms with Gasteiger partial charge in [0.05, 0.1) is 32.2 Å². The number of amides is 1. The molecule has 146 valence electrons. The van der Waals surface area contributed by atoms with Gasteiger partial charge < -0.3 is 28.8 Å². The Labute approximate surface area is 157 Å². The molecule has 2 rings (SSSR count). The van der Waals surface area contributed by atoms with Crippen molar-refractivity contribution in [2.75, 3.05) is 39.9 Å². The number of aromatic nitrogens is 1. The Morgan fingerprint density at radius 3 is 2.59 bits per heavy atom. The molecular weight excluding hydrogens is 352 g/mol. The summed E-state index contributed by atoms with van der Waals surface area (Å²) in [6, 6.07) is 6.44. The molecule has 0 aliphatic rings. The van der Waals surface area contributed by atoms with Crippen LogP contribution in [0.25, 0.3) is 0 Å². The molecule has 1 aromatic carbocycles. The molecule has 0 saturated heterocycles. The number of anilines is 1. The van der Waals surface area contributed by atoms with Gasteiger partial charge in [-0.2, -0.15) is 0 Å². The average molecular weight is 376 g/mol. The van der Waals surface area contributed by atoms with Gasteiger partial charge in [-0.25, -0.2) is 0 Å². The van der Waals surface area contributed by atoms with E-state index < -0.39 is 5.91 Å². The molecule has 0 bridgehead atoms. The van der Waals surface area contributed by atoms with E-state index in [1.807, 2.05) is 4.57 Å². The van der Waals surface area contributed by atoms with Crippen LogP contribution < -0.4 is 25.0 Å². The summed E-state index contributed by atoms with van der Waals surface area (Å²) in [4.78, 5) is 24.3. The van der Waals surface area contributed by atoms with Gasteiger partial charge in [0, 0.05) is 32.0 Å². The lowest BCUT2D eigenvalue weighted by Crippen LogP contribution is -2.24. The van der Waals surface area contributed by atoms with E-state index in [9.17, 15) is 9.59 Å². The topological polar surface area (TPSA) is 88.0 Å². The van der Waals surface area contributed by atoms with Crippen LogP contribution in [0, 0.1) is 6.92 Å². The molecule has 0 aliphatic heterocycles. The Hall–Kier alpha value is -3.00. The predicted octanol–water partition coefficient (Wildman–Crippen LogP) is 1.84. The molecule has 0 unspecified atom stereocenters. The highest BCUT2D eigenvalue weighted by Crippen LogP contribution is 2.28. The highest BCUT2D eigenvalue weighted by molar-refractivity contribution is 5.93. The second kappa shape index (κ2) is 9.63. The number of nitrogens with one attached hydrogen (secondary N) is 1. The van der Waals surface area contributed by atoms with Gasteiger partial charge in [0.1, 0.15) is 11.5 Å². The van der Waals surface area contributed by atoms with Crippen LogP contribution in [0.2, 0.25) is 0 Å². The molecule has 2 aromatic rings. The van der Waals surface area contributed by atoms with Crippen molar-refractivity contribution in [3.05, 3.63) is 46.4 Å². The minimum Gasteiger partial charge on any atom is -0.497 e. The van der Waals surface area contributed by atoms with Crippen LogP contribution in [0.15, 0.2) is 35.3 Å². The lowest BCUT2D eigenvalue weighted by atomic mass is 10.2. The van der Waals surface area contributed by atoms with E-state index in [0.29, 0.717) is 36.0 Å². The summed E-state index contributed by atoms with van der Waals surface area (Å²) in [7, 11) is 4.65. The zero-order chi connectivity index (χ0) is 19.8. The lowest BCUT2D eigenvalue weighted by molar-refractivity contribution is -0.118. The molecule has 1 amide bonds. The standard InChI is InChI=1S/C19H24N2O6/c1-13-19(16(22)7-8-21(13)9-10-24-2)27-12-18(23)20-15-6-5-14(25-3)11-17(15)26-4/h5-8,11H,9-10,12H2,1-4H3,(H,20,23). The number of hydrogen-bond donors (Lipinski definition) is 1. The lowest BCUT2D eigenvalue weighted by Gasteiger charge is -2.15. The van der Waals surface area contributed by atoms with Crippen LogP contribution in [0.3, 0.4) is 0 Å². The molecular formula is C19H24N2O6. The summed E-state index contributed by atoms with van der Waals surface area (Å²) in [5, 5.41) is 2.70. The van der Waals surface area contributed by atoms with Crippen molar-refractivity contribution in [1.29, 1.82) is 0 Å².